The van der Waals surface area contributed by atoms with Gasteiger partial charge in [-0.2, -0.15) is 4.98 Å². The minimum Gasteiger partial charge on any atom is -0.359 e. The minimum absolute atomic E-state index is 0.0623. The second-order valence-electron chi connectivity index (χ2n) is 9.68. The summed E-state index contributed by atoms with van der Waals surface area (Å²) >= 11 is 0. The van der Waals surface area contributed by atoms with E-state index in [1.165, 1.54) is 17.0 Å². The van der Waals surface area contributed by atoms with Crippen molar-refractivity contribution in [3.8, 4) is 11.5 Å². The molecule has 0 bridgehead atoms. The highest BCUT2D eigenvalue weighted by Crippen LogP contribution is 2.41. The van der Waals surface area contributed by atoms with Gasteiger partial charge in [-0.1, -0.05) is 52.6 Å². The van der Waals surface area contributed by atoms with Crippen LogP contribution in [0.25, 0.3) is 11.0 Å². The lowest BCUT2D eigenvalue weighted by molar-refractivity contribution is 0.376. The Morgan fingerprint density at radius 1 is 1.12 bits per heavy atom. The van der Waals surface area contributed by atoms with Gasteiger partial charge in [0.1, 0.15) is 13.7 Å². The minimum atomic E-state index is -3.68. The van der Waals surface area contributed by atoms with E-state index in [1.807, 2.05) is 0 Å². The van der Waals surface area contributed by atoms with Gasteiger partial charge in [0.05, 0.1) is 18.1 Å². The van der Waals surface area contributed by atoms with Gasteiger partial charge in [0.25, 0.3) is 5.56 Å². The normalized spacial score (nSPS) is 12.6. The maximum atomic E-state index is 13.5. The SMILES string of the molecule is Cc1c(C#C[Si](C(C)C)(C(C)C)C(C)C)c2cnc(S(C)(=O)=O)nc2n(Cc2ccno2)c1=O. The Labute approximate surface area is 201 Å². The fraction of sp³-hybridized carbons (Fsp3) is 0.500. The van der Waals surface area contributed by atoms with E-state index < -0.39 is 17.9 Å². The summed E-state index contributed by atoms with van der Waals surface area (Å²) in [6.07, 6.45) is 3.98. The molecule has 3 rings (SSSR count). The van der Waals surface area contributed by atoms with Crippen LogP contribution < -0.4 is 5.56 Å². The topological polar surface area (TPSA) is 108 Å². The van der Waals surface area contributed by atoms with Crippen molar-refractivity contribution in [3.05, 3.63) is 45.7 Å². The Balaban J connectivity index is 2.39. The molecule has 3 aromatic heterocycles. The molecular weight excluding hydrogens is 468 g/mol. The molecule has 8 nitrogen and oxygen atoms in total. The van der Waals surface area contributed by atoms with Crippen molar-refractivity contribution in [1.82, 2.24) is 19.7 Å². The van der Waals surface area contributed by atoms with Crippen molar-refractivity contribution in [1.29, 1.82) is 0 Å². The molecule has 0 spiro atoms. The van der Waals surface area contributed by atoms with Crippen molar-refractivity contribution in [2.75, 3.05) is 6.26 Å². The van der Waals surface area contributed by atoms with Crippen LogP contribution in [-0.4, -0.2) is 42.4 Å². The van der Waals surface area contributed by atoms with Crippen LogP contribution in [0.15, 0.2) is 32.9 Å². The molecule has 0 aliphatic carbocycles. The summed E-state index contributed by atoms with van der Waals surface area (Å²) in [5, 5.41) is 3.89. The van der Waals surface area contributed by atoms with E-state index in [4.69, 9.17) is 4.52 Å². The summed E-state index contributed by atoms with van der Waals surface area (Å²) < 4.78 is 30.9. The van der Waals surface area contributed by atoms with E-state index in [1.54, 1.807) is 13.0 Å². The molecular formula is C24H32N4O4SSi. The Morgan fingerprint density at radius 2 is 1.74 bits per heavy atom. The first-order valence-corrected chi connectivity index (χ1v) is 15.5. The van der Waals surface area contributed by atoms with Gasteiger partial charge in [-0.3, -0.25) is 9.36 Å². The van der Waals surface area contributed by atoms with Crippen molar-refractivity contribution in [2.24, 2.45) is 0 Å². The monoisotopic (exact) mass is 500 g/mol. The zero-order valence-electron chi connectivity index (χ0n) is 21.0. The number of hydrogen-bond acceptors (Lipinski definition) is 7. The molecule has 34 heavy (non-hydrogen) atoms. The van der Waals surface area contributed by atoms with Crippen molar-refractivity contribution in [3.63, 3.8) is 0 Å². The van der Waals surface area contributed by atoms with Gasteiger partial charge in [0, 0.05) is 29.6 Å². The predicted molar refractivity (Wildman–Crippen MR) is 135 cm³/mol. The van der Waals surface area contributed by atoms with Crippen LogP contribution >= 0.6 is 0 Å². The number of rotatable bonds is 6. The highest BCUT2D eigenvalue weighted by Gasteiger charge is 2.41. The molecule has 3 aromatic rings. The largest absolute Gasteiger partial charge is 0.359 e. The van der Waals surface area contributed by atoms with Gasteiger partial charge in [0.15, 0.2) is 5.76 Å². The van der Waals surface area contributed by atoms with Crippen LogP contribution in [0.1, 0.15) is 58.4 Å². The fourth-order valence-electron chi connectivity index (χ4n) is 4.92. The first kappa shape index (κ1) is 25.8. The average Bonchev–Trinajstić information content (AvgIpc) is 3.25. The first-order valence-electron chi connectivity index (χ1n) is 11.3. The van der Waals surface area contributed by atoms with E-state index in [0.29, 0.717) is 38.9 Å². The first-order chi connectivity index (χ1) is 15.8. The summed E-state index contributed by atoms with van der Waals surface area (Å²) in [5.41, 5.74) is 5.84. The van der Waals surface area contributed by atoms with Gasteiger partial charge in [-0.25, -0.2) is 13.4 Å². The third-order valence-electron chi connectivity index (χ3n) is 6.62. The third kappa shape index (κ3) is 4.59. The molecule has 0 aromatic carbocycles. The fourth-order valence-corrected chi connectivity index (χ4v) is 10.6. The molecule has 0 saturated carbocycles. The molecule has 0 radical (unpaired) electrons. The highest BCUT2D eigenvalue weighted by molar-refractivity contribution is 7.90. The summed E-state index contributed by atoms with van der Waals surface area (Å²) in [6.45, 7) is 15.1. The molecule has 182 valence electrons. The smallest absolute Gasteiger partial charge is 0.256 e. The lowest BCUT2D eigenvalue weighted by atomic mass is 10.1. The second kappa shape index (κ2) is 9.47. The summed E-state index contributed by atoms with van der Waals surface area (Å²) in [6, 6.07) is 1.65. The number of hydrogen-bond donors (Lipinski definition) is 0. The molecule has 0 aliphatic rings. The van der Waals surface area contributed by atoms with Crippen LogP contribution in [0.4, 0.5) is 0 Å². The van der Waals surface area contributed by atoms with E-state index in [2.05, 4.69) is 68.1 Å². The van der Waals surface area contributed by atoms with Crippen LogP contribution in [0.3, 0.4) is 0 Å². The summed E-state index contributed by atoms with van der Waals surface area (Å²) in [4.78, 5) is 21.8. The molecule has 0 saturated heterocycles. The van der Waals surface area contributed by atoms with Crippen LogP contribution in [0, 0.1) is 18.4 Å². The lowest BCUT2D eigenvalue weighted by Gasteiger charge is -2.38. The average molecular weight is 501 g/mol. The van der Waals surface area contributed by atoms with Crippen LogP contribution in [0.5, 0.6) is 0 Å². The zero-order chi connectivity index (χ0) is 25.4. The van der Waals surface area contributed by atoms with E-state index >= 15 is 0 Å². The number of fused-ring (bicyclic) bond motifs is 1. The number of nitrogens with zero attached hydrogens (tertiary/aromatic N) is 4. The summed E-state index contributed by atoms with van der Waals surface area (Å²) in [7, 11) is -5.75. The Morgan fingerprint density at radius 3 is 2.24 bits per heavy atom. The molecule has 10 heteroatoms. The van der Waals surface area contributed by atoms with Crippen molar-refractivity contribution >= 4 is 28.9 Å². The molecule has 0 fully saturated rings. The maximum absolute atomic E-state index is 13.5. The maximum Gasteiger partial charge on any atom is 0.256 e. The van der Waals surface area contributed by atoms with E-state index in [0.717, 1.165) is 6.26 Å². The standard InChI is InChI=1S/C24H32N4O4SSi/c1-15(2)34(16(3)4,17(5)6)12-10-20-18(7)23(29)28(14-19-9-11-26-32-19)22-21(20)13-25-24(27-22)33(8,30)31/h9,11,13,15-17H,14H2,1-8H3. The number of sulfone groups is 1. The van der Waals surface area contributed by atoms with Crippen molar-refractivity contribution in [2.45, 2.75) is 76.8 Å². The Kier molecular flexibility index (Phi) is 7.19. The predicted octanol–water partition coefficient (Wildman–Crippen LogP) is 4.11. The number of pyridine rings is 1. The lowest BCUT2D eigenvalue weighted by Crippen LogP contribution is -2.43. The molecule has 0 aliphatic heterocycles. The Bertz CT molecular complexity index is 1410. The van der Waals surface area contributed by atoms with Crippen molar-refractivity contribution < 1.29 is 12.9 Å². The van der Waals surface area contributed by atoms with Crippen LogP contribution in [-0.2, 0) is 16.4 Å². The highest BCUT2D eigenvalue weighted by atomic mass is 32.2. The van der Waals surface area contributed by atoms with Gasteiger partial charge in [-0.05, 0) is 23.5 Å². The molecule has 3 heterocycles. The molecule has 0 atom stereocenters. The van der Waals surface area contributed by atoms with Crippen LogP contribution in [0.2, 0.25) is 16.6 Å². The second-order valence-corrected chi connectivity index (χ2v) is 17.2. The molecule has 0 amide bonds. The third-order valence-corrected chi connectivity index (χ3v) is 13.8. The summed E-state index contributed by atoms with van der Waals surface area (Å²) in [5.74, 6) is 3.81. The van der Waals surface area contributed by atoms with E-state index in [-0.39, 0.29) is 22.9 Å². The van der Waals surface area contributed by atoms with Gasteiger partial charge < -0.3 is 4.52 Å². The van der Waals surface area contributed by atoms with Gasteiger partial charge >= 0.3 is 0 Å². The van der Waals surface area contributed by atoms with Gasteiger partial charge in [0.2, 0.25) is 15.0 Å². The van der Waals surface area contributed by atoms with E-state index in [9.17, 15) is 13.2 Å². The van der Waals surface area contributed by atoms with Gasteiger partial charge in [-0.15, -0.1) is 5.54 Å². The zero-order valence-corrected chi connectivity index (χ0v) is 22.8. The molecule has 0 unspecified atom stereocenters. The quantitative estimate of drug-likeness (QED) is 0.285. The molecule has 0 N–H and O–H groups in total. The Hall–Kier alpha value is -2.77. The number of aromatic nitrogens is 4.